The summed E-state index contributed by atoms with van der Waals surface area (Å²) < 4.78 is 0. The van der Waals surface area contributed by atoms with Gasteiger partial charge in [0.15, 0.2) is 5.13 Å². The van der Waals surface area contributed by atoms with Crippen LogP contribution in [0.3, 0.4) is 0 Å². The fraction of sp³-hybridized carbons (Fsp3) is 0.667. The van der Waals surface area contributed by atoms with Gasteiger partial charge in [0.25, 0.3) is 0 Å². The summed E-state index contributed by atoms with van der Waals surface area (Å²) in [5.41, 5.74) is 0. The molecule has 20 heavy (non-hydrogen) atoms. The van der Waals surface area contributed by atoms with Gasteiger partial charge in [-0.25, -0.2) is 4.98 Å². The maximum Gasteiger partial charge on any atom is 0.345 e. The van der Waals surface area contributed by atoms with Gasteiger partial charge in [0.1, 0.15) is 6.20 Å². The Morgan fingerprint density at radius 3 is 3.10 bits per heavy atom. The largest absolute Gasteiger partial charge is 0.481 e. The summed E-state index contributed by atoms with van der Waals surface area (Å²) in [7, 11) is 0. The van der Waals surface area contributed by atoms with Crippen molar-refractivity contribution >= 4 is 27.4 Å². The second kappa shape index (κ2) is 6.17. The summed E-state index contributed by atoms with van der Waals surface area (Å²) in [6.07, 6.45) is 3.40. The highest BCUT2D eigenvalue weighted by molar-refractivity contribution is 7.18. The van der Waals surface area contributed by atoms with Crippen LogP contribution in [-0.2, 0) is 4.79 Å². The first kappa shape index (κ1) is 14.7. The number of carboxylic acid groups (broad SMARTS) is 1. The summed E-state index contributed by atoms with van der Waals surface area (Å²) in [5.74, 6) is -0.382. The number of carboxylic acids is 1. The molecule has 1 aromatic heterocycles. The van der Waals surface area contributed by atoms with Gasteiger partial charge in [-0.2, -0.15) is 0 Å². The number of nitro groups is 1. The van der Waals surface area contributed by atoms with Crippen molar-refractivity contribution in [3.8, 4) is 0 Å². The van der Waals surface area contributed by atoms with E-state index < -0.39 is 10.9 Å². The van der Waals surface area contributed by atoms with Crippen LogP contribution in [0.2, 0.25) is 0 Å². The summed E-state index contributed by atoms with van der Waals surface area (Å²) in [5, 5.41) is 20.2. The van der Waals surface area contributed by atoms with Gasteiger partial charge in [-0.1, -0.05) is 6.92 Å². The average Bonchev–Trinajstić information content (AvgIpc) is 2.88. The number of hydrogen-bond donors (Lipinski definition) is 1. The van der Waals surface area contributed by atoms with E-state index in [1.807, 2.05) is 11.8 Å². The van der Waals surface area contributed by atoms with Crippen molar-refractivity contribution in [2.24, 2.45) is 11.8 Å². The molecule has 110 valence electrons. The number of anilines is 1. The molecule has 1 saturated heterocycles. The molecule has 0 spiro atoms. The molecular formula is C12H17N3O4S. The molecule has 0 aliphatic carbocycles. The van der Waals surface area contributed by atoms with Crippen LogP contribution in [0.4, 0.5) is 10.1 Å². The predicted octanol–water partition coefficient (Wildman–Crippen LogP) is 2.38. The van der Waals surface area contributed by atoms with E-state index in [9.17, 15) is 14.9 Å². The van der Waals surface area contributed by atoms with Crippen LogP contribution in [-0.4, -0.2) is 34.1 Å². The summed E-state index contributed by atoms with van der Waals surface area (Å²) >= 11 is 1.07. The van der Waals surface area contributed by atoms with Crippen molar-refractivity contribution in [2.45, 2.75) is 26.2 Å². The summed E-state index contributed by atoms with van der Waals surface area (Å²) in [4.78, 5) is 27.2. The van der Waals surface area contributed by atoms with Crippen LogP contribution in [0.1, 0.15) is 26.2 Å². The van der Waals surface area contributed by atoms with E-state index in [0.29, 0.717) is 11.0 Å². The van der Waals surface area contributed by atoms with Crippen LogP contribution in [0.15, 0.2) is 6.20 Å². The summed E-state index contributed by atoms with van der Waals surface area (Å²) in [6.45, 7) is 3.49. The maximum absolute atomic E-state index is 10.8. The Hall–Kier alpha value is -1.70. The lowest BCUT2D eigenvalue weighted by molar-refractivity contribution is -0.380. The minimum atomic E-state index is -0.778. The van der Waals surface area contributed by atoms with E-state index in [0.717, 1.165) is 37.3 Å². The molecule has 1 aliphatic rings. The lowest BCUT2D eigenvalue weighted by Gasteiger charge is -2.35. The first-order valence-electron chi connectivity index (χ1n) is 6.54. The van der Waals surface area contributed by atoms with E-state index in [-0.39, 0.29) is 17.3 Å². The van der Waals surface area contributed by atoms with Crippen LogP contribution < -0.4 is 4.90 Å². The normalized spacial score (nSPS) is 20.6. The monoisotopic (exact) mass is 299 g/mol. The van der Waals surface area contributed by atoms with Crippen molar-refractivity contribution in [2.75, 3.05) is 18.0 Å². The van der Waals surface area contributed by atoms with Crippen molar-refractivity contribution in [1.82, 2.24) is 4.98 Å². The van der Waals surface area contributed by atoms with E-state index in [2.05, 4.69) is 4.98 Å². The Bertz CT molecular complexity index is 505. The number of aromatic nitrogens is 1. The minimum absolute atomic E-state index is 0.0423. The molecule has 1 fully saturated rings. The molecule has 1 aromatic rings. The van der Waals surface area contributed by atoms with Crippen LogP contribution >= 0.6 is 11.3 Å². The molecule has 1 aliphatic heterocycles. The molecule has 0 saturated carbocycles. The third-order valence-electron chi connectivity index (χ3n) is 3.69. The molecule has 2 unspecified atom stereocenters. The molecule has 0 bridgehead atoms. The van der Waals surface area contributed by atoms with Gasteiger partial charge < -0.3 is 10.0 Å². The van der Waals surface area contributed by atoms with Crippen molar-refractivity contribution in [3.63, 3.8) is 0 Å². The zero-order valence-corrected chi connectivity index (χ0v) is 12.0. The number of hydrogen-bond acceptors (Lipinski definition) is 6. The highest BCUT2D eigenvalue weighted by Crippen LogP contribution is 2.33. The fourth-order valence-corrected chi connectivity index (χ4v) is 3.34. The number of aliphatic carboxylic acids is 1. The third-order valence-corrected chi connectivity index (χ3v) is 4.70. The summed E-state index contributed by atoms with van der Waals surface area (Å²) in [6, 6.07) is 0. The number of thiazole rings is 1. The van der Waals surface area contributed by atoms with Gasteiger partial charge in [-0.05, 0) is 36.0 Å². The van der Waals surface area contributed by atoms with Gasteiger partial charge >= 0.3 is 11.0 Å². The molecule has 0 amide bonds. The second-order valence-electron chi connectivity index (χ2n) is 5.16. The Labute approximate surface area is 120 Å². The lowest BCUT2D eigenvalue weighted by Crippen LogP contribution is -2.38. The quantitative estimate of drug-likeness (QED) is 0.662. The van der Waals surface area contributed by atoms with Gasteiger partial charge in [0, 0.05) is 19.5 Å². The Balaban J connectivity index is 2.02. The SMILES string of the molecule is CC(CC(=O)O)C1CCCN(c2ncc([N+](=O)[O-])s2)C1. The van der Waals surface area contributed by atoms with E-state index >= 15 is 0 Å². The Morgan fingerprint density at radius 1 is 1.75 bits per heavy atom. The smallest absolute Gasteiger partial charge is 0.345 e. The third kappa shape index (κ3) is 3.44. The minimum Gasteiger partial charge on any atom is -0.481 e. The molecule has 0 aromatic carbocycles. The van der Waals surface area contributed by atoms with Gasteiger partial charge in [-0.15, -0.1) is 0 Å². The molecule has 7 nitrogen and oxygen atoms in total. The van der Waals surface area contributed by atoms with Gasteiger partial charge in [0.05, 0.1) is 4.92 Å². The van der Waals surface area contributed by atoms with Crippen molar-refractivity contribution < 1.29 is 14.8 Å². The first-order chi connectivity index (χ1) is 9.47. The Kier molecular flexibility index (Phi) is 4.53. The van der Waals surface area contributed by atoms with E-state index in [1.165, 1.54) is 6.20 Å². The van der Waals surface area contributed by atoms with Gasteiger partial charge in [0.2, 0.25) is 0 Å². The number of nitrogens with zero attached hydrogens (tertiary/aromatic N) is 3. The van der Waals surface area contributed by atoms with Crippen molar-refractivity contribution in [1.29, 1.82) is 0 Å². The average molecular weight is 299 g/mol. The fourth-order valence-electron chi connectivity index (χ4n) is 2.58. The molecule has 8 heteroatoms. The number of piperidine rings is 1. The van der Waals surface area contributed by atoms with Crippen LogP contribution in [0.5, 0.6) is 0 Å². The van der Waals surface area contributed by atoms with E-state index in [4.69, 9.17) is 5.11 Å². The molecule has 0 radical (unpaired) electrons. The molecule has 2 atom stereocenters. The number of carbonyl (C=O) groups is 1. The van der Waals surface area contributed by atoms with Crippen LogP contribution in [0, 0.1) is 22.0 Å². The predicted molar refractivity (Wildman–Crippen MR) is 75.1 cm³/mol. The molecule has 2 heterocycles. The first-order valence-corrected chi connectivity index (χ1v) is 7.36. The van der Waals surface area contributed by atoms with E-state index in [1.54, 1.807) is 0 Å². The zero-order valence-electron chi connectivity index (χ0n) is 11.2. The zero-order chi connectivity index (χ0) is 14.7. The second-order valence-corrected chi connectivity index (χ2v) is 6.15. The topological polar surface area (TPSA) is 96.6 Å². The lowest BCUT2D eigenvalue weighted by atomic mass is 9.85. The number of rotatable bonds is 5. The van der Waals surface area contributed by atoms with Crippen LogP contribution in [0.25, 0.3) is 0 Å². The molecular weight excluding hydrogens is 282 g/mol. The maximum atomic E-state index is 10.8. The molecule has 1 N–H and O–H groups in total. The Morgan fingerprint density at radius 2 is 2.50 bits per heavy atom. The standard InChI is InChI=1S/C12H17N3O4S/c1-8(5-11(16)17)9-3-2-4-14(7-9)12-13-6-10(20-12)15(18)19/h6,8-9H,2-5,7H2,1H3,(H,16,17). The molecule has 2 rings (SSSR count). The van der Waals surface area contributed by atoms with Crippen molar-refractivity contribution in [3.05, 3.63) is 16.3 Å². The highest BCUT2D eigenvalue weighted by atomic mass is 32.1. The highest BCUT2D eigenvalue weighted by Gasteiger charge is 2.28. The van der Waals surface area contributed by atoms with Gasteiger partial charge in [-0.3, -0.25) is 14.9 Å².